The second-order valence-electron chi connectivity index (χ2n) is 6.89. The van der Waals surface area contributed by atoms with Gasteiger partial charge in [0.15, 0.2) is 0 Å². The molecule has 4 heteroatoms. The van der Waals surface area contributed by atoms with E-state index in [9.17, 15) is 4.79 Å². The Balaban J connectivity index is 1.99. The molecule has 0 aromatic rings. The summed E-state index contributed by atoms with van der Waals surface area (Å²) in [6.07, 6.45) is 9.04. The fourth-order valence-electron chi connectivity index (χ4n) is 3.83. The highest BCUT2D eigenvalue weighted by Gasteiger charge is 2.40. The van der Waals surface area contributed by atoms with Gasteiger partial charge in [0.1, 0.15) is 0 Å². The molecule has 2 aliphatic rings. The first-order chi connectivity index (χ1) is 9.59. The Labute approximate surface area is 123 Å². The van der Waals surface area contributed by atoms with E-state index in [1.165, 1.54) is 12.8 Å². The third-order valence-electron chi connectivity index (χ3n) is 5.39. The molecule has 4 nitrogen and oxygen atoms in total. The maximum Gasteiger partial charge on any atom is 0.230 e. The van der Waals surface area contributed by atoms with Crippen molar-refractivity contribution in [3.05, 3.63) is 0 Å². The molecule has 1 saturated heterocycles. The second-order valence-corrected chi connectivity index (χ2v) is 6.89. The lowest BCUT2D eigenvalue weighted by molar-refractivity contribution is -0.144. The van der Waals surface area contributed by atoms with Gasteiger partial charge in [-0.05, 0) is 39.8 Å². The largest absolute Gasteiger partial charge is 0.342 e. The zero-order valence-corrected chi connectivity index (χ0v) is 13.2. The summed E-state index contributed by atoms with van der Waals surface area (Å²) in [5, 5.41) is 0. The molecule has 1 aliphatic heterocycles. The number of carbonyl (C=O) groups is 1. The lowest BCUT2D eigenvalue weighted by Gasteiger charge is -2.40. The number of hydrogen-bond donors (Lipinski definition) is 1. The molecule has 1 amide bonds. The van der Waals surface area contributed by atoms with Gasteiger partial charge in [0, 0.05) is 25.7 Å². The van der Waals surface area contributed by atoms with E-state index in [2.05, 4.69) is 23.9 Å². The van der Waals surface area contributed by atoms with Crippen LogP contribution in [0.3, 0.4) is 0 Å². The summed E-state index contributed by atoms with van der Waals surface area (Å²) >= 11 is 0. The second kappa shape index (κ2) is 6.90. The van der Waals surface area contributed by atoms with E-state index in [1.54, 1.807) is 0 Å². The standard InChI is InChI=1S/C16H31N3O/c1-18(2)14-7-11-19(12-8-14)15(20)16(13-17)9-5-3-4-6-10-16/h14H,3-13,17H2,1-2H3. The van der Waals surface area contributed by atoms with E-state index in [1.807, 2.05) is 0 Å². The van der Waals surface area contributed by atoms with Gasteiger partial charge in [-0.25, -0.2) is 0 Å². The van der Waals surface area contributed by atoms with Crippen LogP contribution < -0.4 is 5.73 Å². The maximum atomic E-state index is 13.0. The molecule has 2 fully saturated rings. The van der Waals surface area contributed by atoms with E-state index in [4.69, 9.17) is 5.73 Å². The van der Waals surface area contributed by atoms with Gasteiger partial charge in [-0.2, -0.15) is 0 Å². The smallest absolute Gasteiger partial charge is 0.230 e. The summed E-state index contributed by atoms with van der Waals surface area (Å²) in [5.74, 6) is 0.346. The molecule has 116 valence electrons. The fraction of sp³-hybridized carbons (Fsp3) is 0.938. The minimum atomic E-state index is -0.249. The van der Waals surface area contributed by atoms with E-state index < -0.39 is 0 Å². The molecular formula is C16H31N3O. The van der Waals surface area contributed by atoms with Crippen LogP contribution in [-0.4, -0.2) is 55.5 Å². The van der Waals surface area contributed by atoms with E-state index >= 15 is 0 Å². The number of nitrogens with zero attached hydrogens (tertiary/aromatic N) is 2. The van der Waals surface area contributed by atoms with E-state index in [0.29, 0.717) is 18.5 Å². The first-order valence-corrected chi connectivity index (χ1v) is 8.25. The van der Waals surface area contributed by atoms with Crippen molar-refractivity contribution < 1.29 is 4.79 Å². The average molecular weight is 281 g/mol. The van der Waals surface area contributed by atoms with Crippen LogP contribution in [0, 0.1) is 5.41 Å². The molecule has 2 rings (SSSR count). The van der Waals surface area contributed by atoms with Crippen molar-refractivity contribution in [2.75, 3.05) is 33.7 Å². The summed E-state index contributed by atoms with van der Waals surface area (Å²) in [4.78, 5) is 17.3. The van der Waals surface area contributed by atoms with Gasteiger partial charge in [0.25, 0.3) is 0 Å². The average Bonchev–Trinajstić information content (AvgIpc) is 2.73. The number of nitrogens with two attached hydrogens (primary N) is 1. The first-order valence-electron chi connectivity index (χ1n) is 8.25. The Morgan fingerprint density at radius 2 is 1.70 bits per heavy atom. The zero-order chi connectivity index (χ0) is 14.6. The molecule has 1 saturated carbocycles. The molecule has 0 unspecified atom stereocenters. The highest BCUT2D eigenvalue weighted by molar-refractivity contribution is 5.83. The quantitative estimate of drug-likeness (QED) is 0.803. The first kappa shape index (κ1) is 15.8. The van der Waals surface area contributed by atoms with Gasteiger partial charge in [-0.3, -0.25) is 4.79 Å². The minimum Gasteiger partial charge on any atom is -0.342 e. The number of carbonyl (C=O) groups excluding carboxylic acids is 1. The lowest BCUT2D eigenvalue weighted by Crippen LogP contribution is -2.52. The summed E-state index contributed by atoms with van der Waals surface area (Å²) in [6.45, 7) is 2.34. The molecular weight excluding hydrogens is 250 g/mol. The molecule has 0 bridgehead atoms. The number of likely N-dealkylation sites (tertiary alicyclic amines) is 1. The normalized spacial score (nSPS) is 24.7. The van der Waals surface area contributed by atoms with Crippen LogP contribution in [-0.2, 0) is 4.79 Å². The van der Waals surface area contributed by atoms with Crippen molar-refractivity contribution in [3.8, 4) is 0 Å². The predicted molar refractivity (Wildman–Crippen MR) is 82.5 cm³/mol. The topological polar surface area (TPSA) is 49.6 Å². The Kier molecular flexibility index (Phi) is 5.44. The van der Waals surface area contributed by atoms with Crippen molar-refractivity contribution in [1.29, 1.82) is 0 Å². The Morgan fingerprint density at radius 1 is 1.15 bits per heavy atom. The number of amides is 1. The number of rotatable bonds is 3. The van der Waals surface area contributed by atoms with E-state index in [0.717, 1.165) is 51.6 Å². The molecule has 20 heavy (non-hydrogen) atoms. The maximum absolute atomic E-state index is 13.0. The number of hydrogen-bond acceptors (Lipinski definition) is 3. The number of piperidine rings is 1. The van der Waals surface area contributed by atoms with Gasteiger partial charge >= 0.3 is 0 Å². The van der Waals surface area contributed by atoms with Crippen LogP contribution >= 0.6 is 0 Å². The van der Waals surface area contributed by atoms with Crippen molar-refractivity contribution in [2.45, 2.75) is 57.4 Å². The van der Waals surface area contributed by atoms with Gasteiger partial charge in [-0.1, -0.05) is 25.7 Å². The van der Waals surface area contributed by atoms with Gasteiger partial charge in [0.2, 0.25) is 5.91 Å². The highest BCUT2D eigenvalue weighted by Crippen LogP contribution is 2.36. The fourth-order valence-corrected chi connectivity index (χ4v) is 3.83. The molecule has 0 spiro atoms. The molecule has 1 aliphatic carbocycles. The highest BCUT2D eigenvalue weighted by atomic mass is 16.2. The Hall–Kier alpha value is -0.610. The van der Waals surface area contributed by atoms with Gasteiger partial charge in [0.05, 0.1) is 5.41 Å². The summed E-state index contributed by atoms with van der Waals surface area (Å²) in [6, 6.07) is 0.627. The Morgan fingerprint density at radius 3 is 2.15 bits per heavy atom. The molecule has 2 N–H and O–H groups in total. The molecule has 0 aromatic carbocycles. The van der Waals surface area contributed by atoms with Crippen molar-refractivity contribution in [1.82, 2.24) is 9.80 Å². The minimum absolute atomic E-state index is 0.249. The van der Waals surface area contributed by atoms with Crippen LogP contribution in [0.4, 0.5) is 0 Å². The molecule has 0 radical (unpaired) electrons. The molecule has 1 heterocycles. The molecule has 0 aromatic heterocycles. The SMILES string of the molecule is CN(C)C1CCN(C(=O)C2(CN)CCCCCC2)CC1. The summed E-state index contributed by atoms with van der Waals surface area (Å²) in [5.41, 5.74) is 5.79. The van der Waals surface area contributed by atoms with Crippen LogP contribution in [0.1, 0.15) is 51.4 Å². The predicted octanol–water partition coefficient (Wildman–Crippen LogP) is 1.84. The Bertz CT molecular complexity index is 314. The lowest BCUT2D eigenvalue weighted by atomic mass is 9.78. The van der Waals surface area contributed by atoms with Crippen LogP contribution in [0.25, 0.3) is 0 Å². The molecule has 0 atom stereocenters. The van der Waals surface area contributed by atoms with Crippen molar-refractivity contribution >= 4 is 5.91 Å². The van der Waals surface area contributed by atoms with Crippen LogP contribution in [0.15, 0.2) is 0 Å². The van der Waals surface area contributed by atoms with Crippen LogP contribution in [0.5, 0.6) is 0 Å². The van der Waals surface area contributed by atoms with Gasteiger partial charge < -0.3 is 15.5 Å². The van der Waals surface area contributed by atoms with Gasteiger partial charge in [-0.15, -0.1) is 0 Å². The van der Waals surface area contributed by atoms with Crippen molar-refractivity contribution in [3.63, 3.8) is 0 Å². The zero-order valence-electron chi connectivity index (χ0n) is 13.2. The third-order valence-corrected chi connectivity index (χ3v) is 5.39. The summed E-state index contributed by atoms with van der Waals surface area (Å²) in [7, 11) is 4.27. The van der Waals surface area contributed by atoms with Crippen LogP contribution in [0.2, 0.25) is 0 Å². The monoisotopic (exact) mass is 281 g/mol. The van der Waals surface area contributed by atoms with E-state index in [-0.39, 0.29) is 5.41 Å². The van der Waals surface area contributed by atoms with Crippen molar-refractivity contribution in [2.24, 2.45) is 11.1 Å². The summed E-state index contributed by atoms with van der Waals surface area (Å²) < 4.78 is 0. The third kappa shape index (κ3) is 3.34.